The van der Waals surface area contributed by atoms with E-state index in [9.17, 15) is 13.2 Å². The van der Waals surface area contributed by atoms with Crippen LogP contribution in [0.2, 0.25) is 5.02 Å². The minimum Gasteiger partial charge on any atom is -0.314 e. The summed E-state index contributed by atoms with van der Waals surface area (Å²) in [6.07, 6.45) is 1.89. The number of halogens is 1. The third kappa shape index (κ3) is 4.68. The number of amides is 1. The number of benzene rings is 2. The van der Waals surface area contributed by atoms with E-state index in [0.29, 0.717) is 22.3 Å². The quantitative estimate of drug-likeness (QED) is 0.692. The fourth-order valence-corrected chi connectivity index (χ4v) is 7.90. The molecule has 2 aromatic rings. The van der Waals surface area contributed by atoms with Gasteiger partial charge in [0.1, 0.15) is 0 Å². The molecule has 0 N–H and O–H groups in total. The van der Waals surface area contributed by atoms with Crippen LogP contribution in [-0.2, 0) is 21.1 Å². The molecule has 2 aliphatic heterocycles. The lowest BCUT2D eigenvalue weighted by Gasteiger charge is -2.25. The Labute approximate surface area is 180 Å². The molecular formula is C21H21ClN2O3S2. The van der Waals surface area contributed by atoms with E-state index in [0.717, 1.165) is 12.8 Å². The fraction of sp³-hybridized carbons (Fsp3) is 0.333. The summed E-state index contributed by atoms with van der Waals surface area (Å²) >= 11 is 7.75. The van der Waals surface area contributed by atoms with E-state index in [1.165, 1.54) is 17.3 Å². The van der Waals surface area contributed by atoms with Gasteiger partial charge in [-0.25, -0.2) is 8.42 Å². The minimum absolute atomic E-state index is 0.0527. The van der Waals surface area contributed by atoms with Crippen LogP contribution in [0.5, 0.6) is 0 Å². The van der Waals surface area contributed by atoms with Gasteiger partial charge in [0, 0.05) is 11.7 Å². The maximum Gasteiger partial charge on any atom is 0.248 e. The molecule has 4 rings (SSSR count). The number of amidine groups is 1. The first kappa shape index (κ1) is 20.4. The molecule has 2 aliphatic rings. The molecule has 5 nitrogen and oxygen atoms in total. The Hall–Kier alpha value is -1.83. The molecule has 0 bridgehead atoms. The van der Waals surface area contributed by atoms with Crippen molar-refractivity contribution in [3.63, 3.8) is 0 Å². The van der Waals surface area contributed by atoms with Crippen molar-refractivity contribution in [2.24, 2.45) is 4.99 Å². The highest BCUT2D eigenvalue weighted by atomic mass is 35.5. The molecule has 1 amide bonds. The number of anilines is 1. The number of aryl methyl sites for hydroxylation is 1. The van der Waals surface area contributed by atoms with Crippen molar-refractivity contribution in [1.29, 1.82) is 0 Å². The Morgan fingerprint density at radius 1 is 1.10 bits per heavy atom. The SMILES string of the molecule is O=C(CCCc1ccccc1)N=C1S[C@@H]2CS(=O)(=O)C[C@@H]2N1c1ccccc1Cl. The summed E-state index contributed by atoms with van der Waals surface area (Å²) in [5.74, 6) is -0.0370. The summed E-state index contributed by atoms with van der Waals surface area (Å²) in [7, 11) is -3.10. The second-order valence-electron chi connectivity index (χ2n) is 7.25. The van der Waals surface area contributed by atoms with Crippen molar-refractivity contribution in [1.82, 2.24) is 0 Å². The van der Waals surface area contributed by atoms with Gasteiger partial charge in [-0.05, 0) is 30.5 Å². The monoisotopic (exact) mass is 448 g/mol. The predicted octanol–water partition coefficient (Wildman–Crippen LogP) is 3.96. The van der Waals surface area contributed by atoms with Crippen LogP contribution in [0.15, 0.2) is 59.6 Å². The lowest BCUT2D eigenvalue weighted by atomic mass is 10.1. The molecule has 29 heavy (non-hydrogen) atoms. The van der Waals surface area contributed by atoms with Crippen LogP contribution >= 0.6 is 23.4 Å². The van der Waals surface area contributed by atoms with Crippen molar-refractivity contribution in [2.45, 2.75) is 30.6 Å². The van der Waals surface area contributed by atoms with Gasteiger partial charge in [0.05, 0.1) is 28.3 Å². The molecule has 2 saturated heterocycles. The first-order valence-electron chi connectivity index (χ1n) is 9.49. The topological polar surface area (TPSA) is 66.8 Å². The first-order valence-corrected chi connectivity index (χ1v) is 12.6. The lowest BCUT2D eigenvalue weighted by molar-refractivity contribution is -0.117. The van der Waals surface area contributed by atoms with Gasteiger partial charge in [-0.15, -0.1) is 0 Å². The van der Waals surface area contributed by atoms with Gasteiger partial charge in [0.25, 0.3) is 0 Å². The maximum atomic E-state index is 12.5. The molecule has 2 fully saturated rings. The highest BCUT2D eigenvalue weighted by Gasteiger charge is 2.49. The predicted molar refractivity (Wildman–Crippen MR) is 120 cm³/mol. The molecular weight excluding hydrogens is 428 g/mol. The number of carbonyl (C=O) groups is 1. The van der Waals surface area contributed by atoms with Crippen LogP contribution in [0.3, 0.4) is 0 Å². The number of hydrogen-bond acceptors (Lipinski definition) is 4. The smallest absolute Gasteiger partial charge is 0.248 e. The van der Waals surface area contributed by atoms with E-state index in [-0.39, 0.29) is 28.7 Å². The molecule has 2 heterocycles. The summed E-state index contributed by atoms with van der Waals surface area (Å²) in [5.41, 5.74) is 1.89. The van der Waals surface area contributed by atoms with E-state index < -0.39 is 9.84 Å². The average Bonchev–Trinajstić information content (AvgIpc) is 3.14. The molecule has 8 heteroatoms. The van der Waals surface area contributed by atoms with Crippen LogP contribution in [0.25, 0.3) is 0 Å². The second-order valence-corrected chi connectivity index (χ2v) is 11.0. The molecule has 0 spiro atoms. The van der Waals surface area contributed by atoms with Crippen molar-refractivity contribution in [3.05, 3.63) is 65.2 Å². The second kappa shape index (κ2) is 8.50. The highest BCUT2D eigenvalue weighted by molar-refractivity contribution is 8.16. The summed E-state index contributed by atoms with van der Waals surface area (Å²) in [4.78, 5) is 18.7. The van der Waals surface area contributed by atoms with E-state index in [2.05, 4.69) is 4.99 Å². The number of sulfone groups is 1. The van der Waals surface area contributed by atoms with Crippen molar-refractivity contribution < 1.29 is 13.2 Å². The third-order valence-electron chi connectivity index (χ3n) is 5.10. The standard InChI is InChI=1S/C21H21ClN2O3S2/c22-16-10-4-5-11-17(16)24-18-13-29(26,27)14-19(18)28-21(24)23-20(25)12-6-9-15-7-2-1-3-8-15/h1-5,7-8,10-11,18-19H,6,9,12-14H2/t18-,19+/m0/s1. The van der Waals surface area contributed by atoms with Crippen LogP contribution < -0.4 is 4.90 Å². The lowest BCUT2D eigenvalue weighted by Crippen LogP contribution is -2.37. The number of para-hydroxylation sites is 1. The molecule has 2 atom stereocenters. The van der Waals surface area contributed by atoms with E-state index in [1.54, 1.807) is 6.07 Å². The minimum atomic E-state index is -3.10. The van der Waals surface area contributed by atoms with Crippen molar-refractivity contribution in [2.75, 3.05) is 16.4 Å². The largest absolute Gasteiger partial charge is 0.314 e. The Balaban J connectivity index is 1.52. The van der Waals surface area contributed by atoms with Crippen LogP contribution in [0, 0.1) is 0 Å². The molecule has 0 radical (unpaired) electrons. The summed E-state index contributed by atoms with van der Waals surface area (Å²) in [5, 5.41) is 0.933. The van der Waals surface area contributed by atoms with Gasteiger partial charge >= 0.3 is 0 Å². The number of rotatable bonds is 5. The normalized spacial score (nSPS) is 24.0. The Morgan fingerprint density at radius 2 is 1.83 bits per heavy atom. The number of hydrogen-bond donors (Lipinski definition) is 0. The highest BCUT2D eigenvalue weighted by Crippen LogP contribution is 2.43. The van der Waals surface area contributed by atoms with E-state index in [4.69, 9.17) is 11.6 Å². The zero-order valence-electron chi connectivity index (χ0n) is 15.7. The molecule has 0 aromatic heterocycles. The number of nitrogens with zero attached hydrogens (tertiary/aromatic N) is 2. The number of fused-ring (bicyclic) bond motifs is 1. The first-order chi connectivity index (χ1) is 13.9. The van der Waals surface area contributed by atoms with Crippen LogP contribution in [0.4, 0.5) is 5.69 Å². The van der Waals surface area contributed by atoms with Crippen LogP contribution in [-0.4, -0.2) is 42.3 Å². The summed E-state index contributed by atoms with van der Waals surface area (Å²) in [6, 6.07) is 17.1. The Bertz CT molecular complexity index is 1040. The van der Waals surface area contributed by atoms with E-state index >= 15 is 0 Å². The summed E-state index contributed by atoms with van der Waals surface area (Å²) in [6.45, 7) is 0. The van der Waals surface area contributed by atoms with Gasteiger partial charge in [0.15, 0.2) is 15.0 Å². The molecule has 0 unspecified atom stereocenters. The Kier molecular flexibility index (Phi) is 5.99. The van der Waals surface area contributed by atoms with Gasteiger partial charge in [-0.2, -0.15) is 4.99 Å². The van der Waals surface area contributed by atoms with Gasteiger partial charge in [-0.3, -0.25) is 4.79 Å². The number of aliphatic imine (C=N–C) groups is 1. The van der Waals surface area contributed by atoms with Gasteiger partial charge in [0.2, 0.25) is 5.91 Å². The zero-order valence-corrected chi connectivity index (χ0v) is 18.1. The molecule has 2 aromatic carbocycles. The van der Waals surface area contributed by atoms with Crippen LogP contribution in [0.1, 0.15) is 18.4 Å². The van der Waals surface area contributed by atoms with Crippen molar-refractivity contribution in [3.8, 4) is 0 Å². The summed E-state index contributed by atoms with van der Waals surface area (Å²) < 4.78 is 24.3. The number of thioether (sulfide) groups is 1. The molecule has 0 saturated carbocycles. The molecule has 152 valence electrons. The van der Waals surface area contributed by atoms with Gasteiger partial charge < -0.3 is 4.90 Å². The van der Waals surface area contributed by atoms with Crippen molar-refractivity contribution >= 4 is 50.0 Å². The number of carbonyl (C=O) groups excluding carboxylic acids is 1. The van der Waals surface area contributed by atoms with Gasteiger partial charge in [-0.1, -0.05) is 65.8 Å². The maximum absolute atomic E-state index is 12.5. The third-order valence-corrected chi connectivity index (χ3v) is 8.63. The van der Waals surface area contributed by atoms with E-state index in [1.807, 2.05) is 53.4 Å². The molecule has 0 aliphatic carbocycles. The fourth-order valence-electron chi connectivity index (χ4n) is 3.74. The average molecular weight is 449 g/mol. The zero-order chi connectivity index (χ0) is 20.4. The Morgan fingerprint density at radius 3 is 2.59 bits per heavy atom.